The molecule has 3 aliphatic heterocycles. The minimum atomic E-state index is -0.930. The number of likely N-dealkylation sites (N-methyl/N-ethyl adjacent to an activating group) is 1. The van der Waals surface area contributed by atoms with Crippen LogP contribution >= 0.6 is 35.1 Å². The van der Waals surface area contributed by atoms with Gasteiger partial charge in [-0.2, -0.15) is 10.2 Å². The number of halogens is 1. The summed E-state index contributed by atoms with van der Waals surface area (Å²) in [7, 11) is 6.09. The summed E-state index contributed by atoms with van der Waals surface area (Å²) in [4.78, 5) is 16.5. The molecule has 0 amide bonds. The number of aromatic carboxylic acids is 1. The van der Waals surface area contributed by atoms with Crippen molar-refractivity contribution >= 4 is 52.0 Å². The molecule has 1 fully saturated rings. The van der Waals surface area contributed by atoms with E-state index in [0.29, 0.717) is 41.8 Å². The standard InChI is InChI=1S/C36H41ClN6O3S2/c1-40-12-4-7-21-15-24-17-30(33(21)40)46-14-6-8-25-26-10-11-27(37)31(34(26)41(2)35(25)36(44)45)32-28(39-43-13-5-9-29(32)43)20-47-18-22-16-23(19-48-24)42(3)38-22/h10-11,15-17,21,33H,4-9,12-14,18-20H2,1-3H3,(H,44,45). The Balaban J connectivity index is 1.23. The van der Waals surface area contributed by atoms with Crippen LogP contribution in [0, 0.1) is 5.92 Å². The average Bonchev–Trinajstić information content (AvgIpc) is 3.80. The average molecular weight is 705 g/mol. The summed E-state index contributed by atoms with van der Waals surface area (Å²) in [5.74, 6) is 2.83. The number of carboxylic acid groups (broad SMARTS) is 1. The lowest BCUT2D eigenvalue weighted by atomic mass is 9.85. The van der Waals surface area contributed by atoms with Crippen LogP contribution in [-0.4, -0.2) is 66.3 Å². The number of benzene rings is 1. The SMILES string of the molecule is CN1CCCC2C=C3C=C(OCCCc4c(C(=O)O)n(C)c5c(c(Cl)ccc45)-c4c(nn5c4CCC5)CSCc4cc(n(C)n4)CS3)C21. The molecule has 2 unspecified atom stereocenters. The number of allylic oxidation sites excluding steroid dienone is 1. The molecule has 8 bridgehead atoms. The number of rotatable bonds is 1. The summed E-state index contributed by atoms with van der Waals surface area (Å²) in [5.41, 5.74) is 8.39. The summed E-state index contributed by atoms with van der Waals surface area (Å²) < 4.78 is 12.6. The highest BCUT2D eigenvalue weighted by molar-refractivity contribution is 8.02. The van der Waals surface area contributed by atoms with Crippen molar-refractivity contribution in [3.05, 3.63) is 80.1 Å². The van der Waals surface area contributed by atoms with Crippen molar-refractivity contribution in [3.8, 4) is 11.1 Å². The predicted molar refractivity (Wildman–Crippen MR) is 194 cm³/mol. The molecule has 2 atom stereocenters. The smallest absolute Gasteiger partial charge is 0.352 e. The minimum Gasteiger partial charge on any atom is -0.496 e. The molecule has 1 N–H and O–H groups in total. The van der Waals surface area contributed by atoms with Crippen LogP contribution in [0.15, 0.2) is 41.0 Å². The van der Waals surface area contributed by atoms with Crippen LogP contribution in [-0.2, 0) is 55.5 Å². The van der Waals surface area contributed by atoms with Gasteiger partial charge in [0.25, 0.3) is 0 Å². The molecule has 8 rings (SSSR count). The summed E-state index contributed by atoms with van der Waals surface area (Å²) in [6.07, 6.45) is 10.3. The van der Waals surface area contributed by atoms with Crippen molar-refractivity contribution in [1.82, 2.24) is 29.0 Å². The topological polar surface area (TPSA) is 90.3 Å². The van der Waals surface area contributed by atoms with Crippen LogP contribution in [0.4, 0.5) is 0 Å². The monoisotopic (exact) mass is 704 g/mol. The number of likely N-dealkylation sites (tertiary alicyclic amines) is 1. The summed E-state index contributed by atoms with van der Waals surface area (Å²) >= 11 is 10.7. The van der Waals surface area contributed by atoms with Gasteiger partial charge in [-0.05, 0) is 75.9 Å². The van der Waals surface area contributed by atoms with Crippen LogP contribution in [0.3, 0.4) is 0 Å². The highest BCUT2D eigenvalue weighted by Gasteiger charge is 2.35. The number of carbonyl (C=O) groups is 1. The summed E-state index contributed by atoms with van der Waals surface area (Å²) in [6.45, 7) is 2.45. The van der Waals surface area contributed by atoms with Crippen LogP contribution in [0.1, 0.15) is 64.5 Å². The number of hydrogen-bond acceptors (Lipinski definition) is 7. The molecule has 1 aliphatic carbocycles. The molecule has 1 saturated heterocycles. The lowest BCUT2D eigenvalue weighted by molar-refractivity contribution is 0.0685. The minimum absolute atomic E-state index is 0.230. The second-order valence-corrected chi connectivity index (χ2v) is 15.9. The van der Waals surface area contributed by atoms with E-state index in [2.05, 4.69) is 34.8 Å². The van der Waals surface area contributed by atoms with E-state index in [4.69, 9.17) is 26.5 Å². The Bertz CT molecular complexity index is 1990. The summed E-state index contributed by atoms with van der Waals surface area (Å²) in [6, 6.07) is 6.39. The molecule has 252 valence electrons. The van der Waals surface area contributed by atoms with Crippen LogP contribution in [0.5, 0.6) is 0 Å². The van der Waals surface area contributed by atoms with E-state index in [0.717, 1.165) is 88.6 Å². The van der Waals surface area contributed by atoms with Gasteiger partial charge in [-0.1, -0.05) is 23.7 Å². The lowest BCUT2D eigenvalue weighted by Crippen LogP contribution is -2.45. The van der Waals surface area contributed by atoms with E-state index >= 15 is 0 Å². The largest absolute Gasteiger partial charge is 0.496 e. The molecule has 3 aromatic heterocycles. The fraction of sp³-hybridized carbons (Fsp3) is 0.472. The molecule has 0 saturated carbocycles. The van der Waals surface area contributed by atoms with E-state index < -0.39 is 5.97 Å². The summed E-state index contributed by atoms with van der Waals surface area (Å²) in [5, 5.41) is 22.0. The molecular formula is C36H41ClN6O3S2. The number of carboxylic acids is 1. The number of ether oxygens (including phenoxy) is 1. The first kappa shape index (κ1) is 32.1. The third-order valence-electron chi connectivity index (χ3n) is 10.4. The normalized spacial score (nSPS) is 21.9. The van der Waals surface area contributed by atoms with E-state index in [1.165, 1.54) is 22.7 Å². The maximum absolute atomic E-state index is 12.8. The highest BCUT2D eigenvalue weighted by atomic mass is 35.5. The molecule has 1 aromatic carbocycles. The Kier molecular flexibility index (Phi) is 8.67. The molecule has 9 nitrogen and oxygen atoms in total. The van der Waals surface area contributed by atoms with Crippen LogP contribution in [0.2, 0.25) is 5.02 Å². The Labute approximate surface area is 294 Å². The van der Waals surface area contributed by atoms with Gasteiger partial charge >= 0.3 is 5.97 Å². The van der Waals surface area contributed by atoms with Gasteiger partial charge in [-0.15, -0.1) is 23.5 Å². The van der Waals surface area contributed by atoms with Crippen molar-refractivity contribution in [2.75, 3.05) is 20.2 Å². The quantitative estimate of drug-likeness (QED) is 0.223. The van der Waals surface area contributed by atoms with Gasteiger partial charge in [0.05, 0.1) is 34.6 Å². The number of aryl methyl sites for hydroxylation is 4. The Morgan fingerprint density at radius 2 is 1.92 bits per heavy atom. The zero-order valence-corrected chi connectivity index (χ0v) is 30.1. The maximum atomic E-state index is 12.8. The molecule has 0 radical (unpaired) electrons. The Morgan fingerprint density at radius 1 is 1.04 bits per heavy atom. The number of nitrogens with zero attached hydrogens (tertiary/aromatic N) is 6. The Hall–Kier alpha value is -3.12. The zero-order chi connectivity index (χ0) is 33.1. The Morgan fingerprint density at radius 3 is 2.77 bits per heavy atom. The molecule has 4 aromatic rings. The van der Waals surface area contributed by atoms with E-state index in [1.54, 1.807) is 11.8 Å². The second-order valence-electron chi connectivity index (χ2n) is 13.4. The molecule has 6 heterocycles. The number of hydrogen-bond donors (Lipinski definition) is 1. The van der Waals surface area contributed by atoms with Crippen molar-refractivity contribution in [1.29, 1.82) is 0 Å². The first-order chi connectivity index (χ1) is 23.3. The van der Waals surface area contributed by atoms with Gasteiger partial charge in [-0.25, -0.2) is 4.79 Å². The fourth-order valence-electron chi connectivity index (χ4n) is 8.27. The van der Waals surface area contributed by atoms with Gasteiger partial charge in [0.1, 0.15) is 11.5 Å². The second kappa shape index (κ2) is 13.0. The first-order valence-electron chi connectivity index (χ1n) is 16.9. The van der Waals surface area contributed by atoms with Gasteiger partial charge in [-0.3, -0.25) is 14.3 Å². The van der Waals surface area contributed by atoms with E-state index in [1.807, 2.05) is 47.2 Å². The third-order valence-corrected chi connectivity index (χ3v) is 12.7. The van der Waals surface area contributed by atoms with Crippen molar-refractivity contribution in [2.24, 2.45) is 20.0 Å². The lowest BCUT2D eigenvalue weighted by Gasteiger charge is -2.41. The van der Waals surface area contributed by atoms with E-state index in [9.17, 15) is 9.90 Å². The molecule has 12 heteroatoms. The van der Waals surface area contributed by atoms with Crippen LogP contribution < -0.4 is 0 Å². The molecule has 4 aliphatic rings. The molecule has 0 spiro atoms. The maximum Gasteiger partial charge on any atom is 0.352 e. The van der Waals surface area contributed by atoms with Crippen molar-refractivity contribution < 1.29 is 14.6 Å². The van der Waals surface area contributed by atoms with E-state index in [-0.39, 0.29) is 6.04 Å². The van der Waals surface area contributed by atoms with Crippen LogP contribution in [0.25, 0.3) is 22.0 Å². The first-order valence-corrected chi connectivity index (χ1v) is 19.4. The predicted octanol–water partition coefficient (Wildman–Crippen LogP) is 7.19. The number of aromatic nitrogens is 5. The van der Waals surface area contributed by atoms with Gasteiger partial charge < -0.3 is 14.4 Å². The highest BCUT2D eigenvalue weighted by Crippen LogP contribution is 2.44. The van der Waals surface area contributed by atoms with Crippen molar-refractivity contribution in [2.45, 2.75) is 68.4 Å². The number of piperidine rings is 1. The fourth-order valence-corrected chi connectivity index (χ4v) is 10.4. The molecule has 48 heavy (non-hydrogen) atoms. The van der Waals surface area contributed by atoms with Gasteiger partial charge in [0.15, 0.2) is 0 Å². The number of fused-ring (bicyclic) bond motifs is 9. The van der Waals surface area contributed by atoms with Crippen molar-refractivity contribution in [3.63, 3.8) is 0 Å². The molecular weight excluding hydrogens is 664 g/mol. The van der Waals surface area contributed by atoms with Gasteiger partial charge in [0.2, 0.25) is 0 Å². The zero-order valence-electron chi connectivity index (χ0n) is 27.7. The third kappa shape index (κ3) is 5.60. The number of thioether (sulfide) groups is 2. The van der Waals surface area contributed by atoms with Gasteiger partial charge in [0, 0.05) is 76.6 Å².